The number of piperazine rings is 1. The molecule has 148 valence electrons. The Kier molecular flexibility index (Phi) is 6.29. The lowest BCUT2D eigenvalue weighted by Crippen LogP contribution is -2.50. The highest BCUT2D eigenvalue weighted by Gasteiger charge is 2.31. The first-order chi connectivity index (χ1) is 13.4. The Labute approximate surface area is 166 Å². The molecule has 28 heavy (non-hydrogen) atoms. The van der Waals surface area contributed by atoms with Crippen LogP contribution in [0.4, 0.5) is 11.5 Å². The number of nitrogens with one attached hydrogen (secondary N) is 2. The van der Waals surface area contributed by atoms with E-state index in [0.29, 0.717) is 25.9 Å². The largest absolute Gasteiger partial charge is 0.335 e. The van der Waals surface area contributed by atoms with E-state index in [0.717, 1.165) is 24.6 Å². The van der Waals surface area contributed by atoms with Gasteiger partial charge in [-0.2, -0.15) is 0 Å². The van der Waals surface area contributed by atoms with Crippen LogP contribution in [0.1, 0.15) is 26.7 Å². The van der Waals surface area contributed by atoms with E-state index >= 15 is 0 Å². The van der Waals surface area contributed by atoms with Gasteiger partial charge in [-0.05, 0) is 23.6 Å². The predicted molar refractivity (Wildman–Crippen MR) is 110 cm³/mol. The van der Waals surface area contributed by atoms with Crippen molar-refractivity contribution >= 4 is 23.3 Å². The van der Waals surface area contributed by atoms with Gasteiger partial charge < -0.3 is 10.2 Å². The fourth-order valence-corrected chi connectivity index (χ4v) is 3.52. The highest BCUT2D eigenvalue weighted by atomic mass is 16.2. The molecule has 1 saturated heterocycles. The van der Waals surface area contributed by atoms with E-state index in [1.165, 1.54) is 0 Å². The Morgan fingerprint density at radius 3 is 2.29 bits per heavy atom. The third-order valence-corrected chi connectivity index (χ3v) is 4.99. The predicted octanol–water partition coefficient (Wildman–Crippen LogP) is 2.59. The number of H-pyrrole nitrogens is 1. The lowest BCUT2D eigenvalue weighted by molar-refractivity contribution is -0.364. The van der Waals surface area contributed by atoms with Crippen LogP contribution in [0.2, 0.25) is 0 Å². The van der Waals surface area contributed by atoms with Gasteiger partial charge in [0.2, 0.25) is 11.8 Å². The van der Waals surface area contributed by atoms with E-state index in [1.54, 1.807) is 0 Å². The molecule has 1 aliphatic rings. The number of anilines is 2. The van der Waals surface area contributed by atoms with Gasteiger partial charge >= 0.3 is 0 Å². The van der Waals surface area contributed by atoms with Crippen LogP contribution >= 0.6 is 0 Å². The molecule has 1 aliphatic heterocycles. The van der Waals surface area contributed by atoms with Crippen molar-refractivity contribution in [1.82, 2.24) is 4.90 Å². The van der Waals surface area contributed by atoms with E-state index in [4.69, 9.17) is 0 Å². The number of nitrogens with zero attached hydrogens (tertiary/aromatic N) is 2. The molecule has 0 radical (unpaired) electrons. The fourth-order valence-electron chi connectivity index (χ4n) is 3.52. The van der Waals surface area contributed by atoms with Crippen LogP contribution in [-0.4, -0.2) is 42.9 Å². The van der Waals surface area contributed by atoms with Crippen LogP contribution in [0.3, 0.4) is 0 Å². The topological polar surface area (TPSA) is 66.8 Å². The highest BCUT2D eigenvalue weighted by Crippen LogP contribution is 2.27. The molecule has 3 rings (SSSR count). The molecule has 6 heteroatoms. The molecule has 1 aromatic carbocycles. The van der Waals surface area contributed by atoms with Gasteiger partial charge in [0.15, 0.2) is 0 Å². The van der Waals surface area contributed by atoms with Gasteiger partial charge in [0.05, 0.1) is 19.3 Å². The average Bonchev–Trinajstić information content (AvgIpc) is 2.68. The number of amides is 2. The van der Waals surface area contributed by atoms with Crippen LogP contribution in [0.5, 0.6) is 0 Å². The molecule has 0 atom stereocenters. The van der Waals surface area contributed by atoms with Gasteiger partial charge in [0, 0.05) is 24.6 Å². The van der Waals surface area contributed by atoms with E-state index < -0.39 is 0 Å². The SMILES string of the molecule is CC(C)(CC(=O)Nc1ccccc1)CC(=O)N1CCN(c2cccc[nH+]2)CC1. The van der Waals surface area contributed by atoms with Gasteiger partial charge in [-0.15, -0.1) is 0 Å². The number of aromatic amines is 1. The standard InChI is InChI=1S/C22H28N4O2/c1-22(2,16-20(27)24-18-8-4-3-5-9-18)17-21(28)26-14-12-25(13-15-26)19-10-6-7-11-23-19/h3-11H,12-17H2,1-2H3,(H,24,27)/p+1. The Balaban J connectivity index is 1.47. The summed E-state index contributed by atoms with van der Waals surface area (Å²) >= 11 is 0. The summed E-state index contributed by atoms with van der Waals surface area (Å²) in [6, 6.07) is 15.4. The lowest BCUT2D eigenvalue weighted by Gasteiger charge is -2.33. The summed E-state index contributed by atoms with van der Waals surface area (Å²) in [5, 5.41) is 2.90. The quantitative estimate of drug-likeness (QED) is 0.836. The summed E-state index contributed by atoms with van der Waals surface area (Å²) < 4.78 is 0. The van der Waals surface area contributed by atoms with Crippen molar-refractivity contribution in [2.24, 2.45) is 5.41 Å². The zero-order valence-corrected chi connectivity index (χ0v) is 16.6. The Morgan fingerprint density at radius 1 is 0.964 bits per heavy atom. The smallest absolute Gasteiger partial charge is 0.274 e. The monoisotopic (exact) mass is 381 g/mol. The zero-order chi connectivity index (χ0) is 20.0. The maximum absolute atomic E-state index is 12.8. The first-order valence-corrected chi connectivity index (χ1v) is 9.77. The molecular weight excluding hydrogens is 352 g/mol. The second-order valence-electron chi connectivity index (χ2n) is 8.05. The number of benzene rings is 1. The minimum atomic E-state index is -0.389. The minimum Gasteiger partial charge on any atom is -0.335 e. The van der Waals surface area contributed by atoms with Crippen LogP contribution in [0.15, 0.2) is 54.7 Å². The molecule has 0 aliphatic carbocycles. The molecule has 1 aromatic heterocycles. The van der Waals surface area contributed by atoms with E-state index in [9.17, 15) is 9.59 Å². The summed E-state index contributed by atoms with van der Waals surface area (Å²) in [5.41, 5.74) is 0.392. The molecule has 1 fully saturated rings. The molecule has 2 heterocycles. The van der Waals surface area contributed by atoms with Crippen molar-refractivity contribution in [3.05, 3.63) is 54.7 Å². The second-order valence-corrected chi connectivity index (χ2v) is 8.05. The number of carbonyl (C=O) groups excluding carboxylic acids is 2. The number of rotatable bonds is 6. The van der Waals surface area contributed by atoms with Crippen LogP contribution in [0, 0.1) is 5.41 Å². The molecule has 0 bridgehead atoms. The molecule has 2 amide bonds. The maximum atomic E-state index is 12.8. The molecule has 0 saturated carbocycles. The molecular formula is C22H29N4O2+. The first kappa shape index (κ1) is 19.9. The minimum absolute atomic E-state index is 0.0616. The maximum Gasteiger partial charge on any atom is 0.274 e. The van der Waals surface area contributed by atoms with Crippen molar-refractivity contribution in [3.8, 4) is 0 Å². The van der Waals surface area contributed by atoms with Gasteiger partial charge in [-0.25, -0.2) is 4.98 Å². The molecule has 0 unspecified atom stereocenters. The van der Waals surface area contributed by atoms with Crippen molar-refractivity contribution in [2.45, 2.75) is 26.7 Å². The van der Waals surface area contributed by atoms with Crippen molar-refractivity contribution in [2.75, 3.05) is 36.4 Å². The normalized spacial score (nSPS) is 14.6. The van der Waals surface area contributed by atoms with Crippen molar-refractivity contribution in [3.63, 3.8) is 0 Å². The third-order valence-electron chi connectivity index (χ3n) is 4.99. The van der Waals surface area contributed by atoms with Gasteiger partial charge in [-0.1, -0.05) is 38.1 Å². The van der Waals surface area contributed by atoms with Crippen LogP contribution in [0.25, 0.3) is 0 Å². The van der Waals surface area contributed by atoms with Gasteiger partial charge in [0.1, 0.15) is 13.1 Å². The third kappa shape index (κ3) is 5.55. The summed E-state index contributed by atoms with van der Waals surface area (Å²) in [4.78, 5) is 32.5. The van der Waals surface area contributed by atoms with Crippen molar-refractivity contribution in [1.29, 1.82) is 0 Å². The van der Waals surface area contributed by atoms with E-state index in [-0.39, 0.29) is 17.2 Å². The highest BCUT2D eigenvalue weighted by molar-refractivity contribution is 5.91. The number of para-hydroxylation sites is 1. The molecule has 0 spiro atoms. The van der Waals surface area contributed by atoms with Crippen molar-refractivity contribution < 1.29 is 14.6 Å². The van der Waals surface area contributed by atoms with Gasteiger partial charge in [0.25, 0.3) is 5.82 Å². The number of aromatic nitrogens is 1. The second kappa shape index (κ2) is 8.87. The summed E-state index contributed by atoms with van der Waals surface area (Å²) in [7, 11) is 0. The van der Waals surface area contributed by atoms with Gasteiger partial charge in [-0.3, -0.25) is 14.5 Å². The average molecular weight is 382 g/mol. The molecule has 2 aromatic rings. The zero-order valence-electron chi connectivity index (χ0n) is 16.6. The Hall–Kier alpha value is -2.89. The van der Waals surface area contributed by atoms with Crippen LogP contribution in [-0.2, 0) is 9.59 Å². The molecule has 2 N–H and O–H groups in total. The van der Waals surface area contributed by atoms with E-state index in [1.807, 2.05) is 73.5 Å². The fraction of sp³-hybridized carbons (Fsp3) is 0.409. The Morgan fingerprint density at radius 2 is 1.64 bits per heavy atom. The number of carbonyl (C=O) groups is 2. The number of pyridine rings is 1. The summed E-state index contributed by atoms with van der Waals surface area (Å²) in [6.45, 7) is 6.97. The number of hydrogen-bond acceptors (Lipinski definition) is 3. The molecule has 6 nitrogen and oxygen atoms in total. The summed E-state index contributed by atoms with van der Waals surface area (Å²) in [5.74, 6) is 1.13. The van der Waals surface area contributed by atoms with Crippen LogP contribution < -0.4 is 15.2 Å². The lowest BCUT2D eigenvalue weighted by atomic mass is 9.84. The number of hydrogen-bond donors (Lipinski definition) is 1. The first-order valence-electron chi connectivity index (χ1n) is 9.77. The Bertz CT molecular complexity index is 785. The van der Waals surface area contributed by atoms with E-state index in [2.05, 4.69) is 15.2 Å². The summed E-state index contributed by atoms with van der Waals surface area (Å²) in [6.07, 6.45) is 2.59.